The summed E-state index contributed by atoms with van der Waals surface area (Å²) in [6.07, 6.45) is 53.3. The lowest BCUT2D eigenvalue weighted by atomic mass is 10.0. The molecule has 5 heteroatoms. The molecule has 0 radical (unpaired) electrons. The van der Waals surface area contributed by atoms with Crippen molar-refractivity contribution in [3.05, 3.63) is 36.5 Å². The van der Waals surface area contributed by atoms with Crippen molar-refractivity contribution in [2.45, 2.75) is 250 Å². The lowest BCUT2D eigenvalue weighted by Gasteiger charge is -2.21. The molecule has 306 valence electrons. The first-order valence-electron chi connectivity index (χ1n) is 22.8. The second-order valence-corrected chi connectivity index (χ2v) is 15.6. The predicted molar refractivity (Wildman–Crippen MR) is 227 cm³/mol. The van der Waals surface area contributed by atoms with Gasteiger partial charge in [0.05, 0.1) is 18.8 Å². The number of hydrogen-bond acceptors (Lipinski definition) is 4. The molecule has 0 aromatic carbocycles. The standard InChI is InChI=1S/C47H89NO4/c1-3-5-7-9-11-13-15-17-19-20-21-22-23-24-25-26-28-29-31-33-35-37-39-41-45(50)44(43-49)48-47(52)46(51)42-40-38-36-34-32-30-27-18-16-14-12-10-8-6-4-2/h27,30-31,33,39,41,44-46,49-51H,3-26,28-29,32,34-38,40,42-43H2,1-2H3,(H,48,52)/b30-27-,33-31+,41-39+. The first kappa shape index (κ1) is 50.6. The smallest absolute Gasteiger partial charge is 0.249 e. The van der Waals surface area contributed by atoms with Crippen LogP contribution >= 0.6 is 0 Å². The highest BCUT2D eigenvalue weighted by Crippen LogP contribution is 2.15. The van der Waals surface area contributed by atoms with Crippen molar-refractivity contribution in [3.63, 3.8) is 0 Å². The summed E-state index contributed by atoms with van der Waals surface area (Å²) in [6, 6.07) is -0.818. The maximum absolute atomic E-state index is 12.4. The van der Waals surface area contributed by atoms with E-state index in [1.54, 1.807) is 6.08 Å². The molecule has 3 atom stereocenters. The van der Waals surface area contributed by atoms with Crippen molar-refractivity contribution in [2.24, 2.45) is 0 Å². The summed E-state index contributed by atoms with van der Waals surface area (Å²) in [6.45, 7) is 4.17. The third kappa shape index (κ3) is 36.9. The van der Waals surface area contributed by atoms with Gasteiger partial charge in [0, 0.05) is 0 Å². The molecule has 0 aromatic heterocycles. The van der Waals surface area contributed by atoms with Gasteiger partial charge in [-0.05, 0) is 57.8 Å². The van der Waals surface area contributed by atoms with Crippen LogP contribution in [0.25, 0.3) is 0 Å². The molecule has 0 aliphatic carbocycles. The number of carbonyl (C=O) groups excluding carboxylic acids is 1. The Hall–Kier alpha value is -1.43. The zero-order valence-corrected chi connectivity index (χ0v) is 34.7. The molecule has 0 heterocycles. The van der Waals surface area contributed by atoms with Crippen LogP contribution in [0.2, 0.25) is 0 Å². The Balaban J connectivity index is 3.70. The highest BCUT2D eigenvalue weighted by Gasteiger charge is 2.22. The van der Waals surface area contributed by atoms with Crippen LogP contribution < -0.4 is 5.32 Å². The number of unbranched alkanes of at least 4 members (excludes halogenated alkanes) is 29. The minimum Gasteiger partial charge on any atom is -0.394 e. The molecule has 0 saturated carbocycles. The van der Waals surface area contributed by atoms with E-state index in [0.717, 1.165) is 51.4 Å². The molecule has 4 N–H and O–H groups in total. The zero-order chi connectivity index (χ0) is 38.0. The van der Waals surface area contributed by atoms with E-state index < -0.39 is 24.2 Å². The normalized spacial score (nSPS) is 13.9. The lowest BCUT2D eigenvalue weighted by molar-refractivity contribution is -0.131. The van der Waals surface area contributed by atoms with E-state index in [0.29, 0.717) is 6.42 Å². The Kier molecular flexibility index (Phi) is 41.1. The van der Waals surface area contributed by atoms with E-state index in [1.807, 2.05) is 6.08 Å². The van der Waals surface area contributed by atoms with Crippen molar-refractivity contribution in [1.82, 2.24) is 5.32 Å². The average molecular weight is 732 g/mol. The number of aliphatic hydroxyl groups is 3. The van der Waals surface area contributed by atoms with Gasteiger partial charge >= 0.3 is 0 Å². The average Bonchev–Trinajstić information content (AvgIpc) is 3.15. The highest BCUT2D eigenvalue weighted by molar-refractivity contribution is 5.80. The van der Waals surface area contributed by atoms with E-state index in [-0.39, 0.29) is 6.61 Å². The fourth-order valence-corrected chi connectivity index (χ4v) is 6.84. The van der Waals surface area contributed by atoms with Crippen LogP contribution in [0.15, 0.2) is 36.5 Å². The summed E-state index contributed by atoms with van der Waals surface area (Å²) < 4.78 is 0. The summed E-state index contributed by atoms with van der Waals surface area (Å²) in [5.41, 5.74) is 0. The molecule has 0 bridgehead atoms. The Morgan fingerprint density at radius 3 is 1.17 bits per heavy atom. The maximum atomic E-state index is 12.4. The number of amides is 1. The summed E-state index contributed by atoms with van der Waals surface area (Å²) in [7, 11) is 0. The third-order valence-electron chi connectivity index (χ3n) is 10.5. The SMILES string of the molecule is CCCCCCCCC/C=C\CCCCCCC(O)C(=O)NC(CO)C(O)/C=C/CC/C=C/CCCCCCCCCCCCCCCCCCC. The molecule has 0 aliphatic heterocycles. The predicted octanol–water partition coefficient (Wildman–Crippen LogP) is 13.2. The topological polar surface area (TPSA) is 89.8 Å². The molecule has 1 amide bonds. The zero-order valence-electron chi connectivity index (χ0n) is 34.7. The van der Waals surface area contributed by atoms with Crippen molar-refractivity contribution in [3.8, 4) is 0 Å². The number of rotatable bonds is 41. The number of carbonyl (C=O) groups is 1. The van der Waals surface area contributed by atoms with Crippen molar-refractivity contribution in [1.29, 1.82) is 0 Å². The minimum absolute atomic E-state index is 0.379. The molecule has 0 saturated heterocycles. The Morgan fingerprint density at radius 1 is 0.462 bits per heavy atom. The van der Waals surface area contributed by atoms with Gasteiger partial charge in [0.15, 0.2) is 0 Å². The molecule has 0 aliphatic rings. The maximum Gasteiger partial charge on any atom is 0.249 e. The second-order valence-electron chi connectivity index (χ2n) is 15.6. The van der Waals surface area contributed by atoms with Crippen molar-refractivity contribution < 1.29 is 20.1 Å². The van der Waals surface area contributed by atoms with Gasteiger partial charge in [0.25, 0.3) is 0 Å². The first-order chi connectivity index (χ1) is 25.6. The van der Waals surface area contributed by atoms with Gasteiger partial charge < -0.3 is 20.6 Å². The molecule has 5 nitrogen and oxygen atoms in total. The van der Waals surface area contributed by atoms with Gasteiger partial charge in [-0.2, -0.15) is 0 Å². The molecule has 52 heavy (non-hydrogen) atoms. The third-order valence-corrected chi connectivity index (χ3v) is 10.5. The fraction of sp³-hybridized carbons (Fsp3) is 0.851. The molecule has 0 rings (SSSR count). The van der Waals surface area contributed by atoms with E-state index in [9.17, 15) is 20.1 Å². The molecule has 0 spiro atoms. The summed E-state index contributed by atoms with van der Waals surface area (Å²) in [5.74, 6) is -0.521. The Labute approximate surface area is 324 Å². The summed E-state index contributed by atoms with van der Waals surface area (Å²) in [4.78, 5) is 12.4. The Morgan fingerprint density at radius 2 is 0.788 bits per heavy atom. The van der Waals surface area contributed by atoms with Gasteiger partial charge in [-0.1, -0.05) is 211 Å². The van der Waals surface area contributed by atoms with Crippen LogP contribution in [-0.2, 0) is 4.79 Å². The lowest BCUT2D eigenvalue weighted by Crippen LogP contribution is -2.48. The molecule has 0 aromatic rings. The number of hydrogen-bond donors (Lipinski definition) is 4. The Bertz CT molecular complexity index is 809. The van der Waals surface area contributed by atoms with Gasteiger partial charge in [0.2, 0.25) is 5.91 Å². The van der Waals surface area contributed by atoms with Crippen molar-refractivity contribution in [2.75, 3.05) is 6.61 Å². The highest BCUT2D eigenvalue weighted by atomic mass is 16.3. The second kappa shape index (κ2) is 42.3. The van der Waals surface area contributed by atoms with Crippen LogP contribution in [0, 0.1) is 0 Å². The quantitative estimate of drug-likeness (QED) is 0.0372. The van der Waals surface area contributed by atoms with E-state index in [2.05, 4.69) is 43.5 Å². The fourth-order valence-electron chi connectivity index (χ4n) is 6.84. The van der Waals surface area contributed by atoms with Gasteiger partial charge in [-0.25, -0.2) is 0 Å². The van der Waals surface area contributed by atoms with E-state index >= 15 is 0 Å². The van der Waals surface area contributed by atoms with Crippen LogP contribution in [0.4, 0.5) is 0 Å². The van der Waals surface area contributed by atoms with Crippen molar-refractivity contribution >= 4 is 5.91 Å². The number of allylic oxidation sites excluding steroid dienone is 5. The number of nitrogens with one attached hydrogen (secondary N) is 1. The summed E-state index contributed by atoms with van der Waals surface area (Å²) in [5, 5.41) is 33.1. The van der Waals surface area contributed by atoms with Gasteiger partial charge in [0.1, 0.15) is 6.10 Å². The largest absolute Gasteiger partial charge is 0.394 e. The minimum atomic E-state index is -1.11. The molecule has 3 unspecified atom stereocenters. The van der Waals surface area contributed by atoms with Crippen LogP contribution in [0.5, 0.6) is 0 Å². The van der Waals surface area contributed by atoms with Crippen LogP contribution in [0.1, 0.15) is 232 Å². The molecular formula is C47H89NO4. The van der Waals surface area contributed by atoms with Gasteiger partial charge in [-0.3, -0.25) is 4.79 Å². The molecule has 0 fully saturated rings. The van der Waals surface area contributed by atoms with E-state index in [4.69, 9.17) is 0 Å². The van der Waals surface area contributed by atoms with Crippen LogP contribution in [-0.4, -0.2) is 46.1 Å². The first-order valence-corrected chi connectivity index (χ1v) is 22.8. The number of aliphatic hydroxyl groups excluding tert-OH is 3. The molecular weight excluding hydrogens is 643 g/mol. The summed E-state index contributed by atoms with van der Waals surface area (Å²) >= 11 is 0. The van der Waals surface area contributed by atoms with Gasteiger partial charge in [-0.15, -0.1) is 0 Å². The van der Waals surface area contributed by atoms with Crippen LogP contribution in [0.3, 0.4) is 0 Å². The monoisotopic (exact) mass is 732 g/mol. The van der Waals surface area contributed by atoms with E-state index in [1.165, 1.54) is 161 Å².